The number of nitrogens with zero attached hydrogens (tertiary/aromatic N) is 1. The SMILES string of the molecule is CC(C)CC(CN(C)C)NCC1CCCCO1. The van der Waals surface area contributed by atoms with Crippen molar-refractivity contribution in [3.8, 4) is 0 Å². The molecule has 0 spiro atoms. The Labute approximate surface area is 107 Å². The van der Waals surface area contributed by atoms with Crippen molar-refractivity contribution in [2.75, 3.05) is 33.8 Å². The third-order valence-electron chi connectivity index (χ3n) is 3.25. The van der Waals surface area contributed by atoms with Crippen LogP contribution in [0.15, 0.2) is 0 Å². The molecular weight excluding hydrogens is 212 g/mol. The van der Waals surface area contributed by atoms with E-state index in [4.69, 9.17) is 4.74 Å². The molecule has 1 rings (SSSR count). The molecule has 0 aliphatic carbocycles. The van der Waals surface area contributed by atoms with Gasteiger partial charge in [0.1, 0.15) is 0 Å². The number of ether oxygens (including phenoxy) is 1. The number of nitrogens with one attached hydrogen (secondary N) is 1. The van der Waals surface area contributed by atoms with Crippen molar-refractivity contribution < 1.29 is 4.74 Å². The summed E-state index contributed by atoms with van der Waals surface area (Å²) in [7, 11) is 4.29. The van der Waals surface area contributed by atoms with Crippen LogP contribution >= 0.6 is 0 Å². The zero-order chi connectivity index (χ0) is 12.7. The van der Waals surface area contributed by atoms with Gasteiger partial charge in [-0.2, -0.15) is 0 Å². The van der Waals surface area contributed by atoms with Gasteiger partial charge < -0.3 is 15.0 Å². The van der Waals surface area contributed by atoms with Gasteiger partial charge in [-0.3, -0.25) is 0 Å². The molecule has 0 aromatic heterocycles. The van der Waals surface area contributed by atoms with Crippen LogP contribution in [0.4, 0.5) is 0 Å². The Hall–Kier alpha value is -0.120. The van der Waals surface area contributed by atoms with Crippen molar-refractivity contribution in [1.29, 1.82) is 0 Å². The molecule has 102 valence electrons. The minimum atomic E-state index is 0.445. The molecule has 1 fully saturated rings. The summed E-state index contributed by atoms with van der Waals surface area (Å²) in [5.41, 5.74) is 0. The van der Waals surface area contributed by atoms with E-state index in [0.29, 0.717) is 12.1 Å². The summed E-state index contributed by atoms with van der Waals surface area (Å²) in [6, 6.07) is 0.593. The van der Waals surface area contributed by atoms with E-state index in [-0.39, 0.29) is 0 Å². The smallest absolute Gasteiger partial charge is 0.0699 e. The number of hydrogen-bond donors (Lipinski definition) is 1. The molecule has 0 saturated carbocycles. The molecule has 1 N–H and O–H groups in total. The van der Waals surface area contributed by atoms with Crippen LogP contribution < -0.4 is 5.32 Å². The fourth-order valence-corrected chi connectivity index (χ4v) is 2.50. The molecule has 3 heteroatoms. The minimum absolute atomic E-state index is 0.445. The summed E-state index contributed by atoms with van der Waals surface area (Å²) in [6.07, 6.45) is 5.48. The van der Waals surface area contributed by atoms with Crippen LogP contribution in [0.25, 0.3) is 0 Å². The van der Waals surface area contributed by atoms with E-state index in [1.165, 1.54) is 25.7 Å². The molecule has 2 unspecified atom stereocenters. The molecule has 1 heterocycles. The summed E-state index contributed by atoms with van der Waals surface area (Å²) in [5, 5.41) is 3.69. The van der Waals surface area contributed by atoms with Gasteiger partial charge >= 0.3 is 0 Å². The van der Waals surface area contributed by atoms with E-state index in [2.05, 4.69) is 38.2 Å². The van der Waals surface area contributed by atoms with Gasteiger partial charge in [0.15, 0.2) is 0 Å². The van der Waals surface area contributed by atoms with Crippen LogP contribution in [-0.2, 0) is 4.74 Å². The summed E-state index contributed by atoms with van der Waals surface area (Å²) in [5.74, 6) is 0.750. The Morgan fingerprint density at radius 1 is 1.29 bits per heavy atom. The maximum absolute atomic E-state index is 5.76. The van der Waals surface area contributed by atoms with Crippen molar-refractivity contribution >= 4 is 0 Å². The molecule has 0 radical (unpaired) electrons. The number of rotatable bonds is 7. The quantitative estimate of drug-likeness (QED) is 0.740. The molecular formula is C14H30N2O. The molecule has 3 nitrogen and oxygen atoms in total. The van der Waals surface area contributed by atoms with Gasteiger partial charge in [0, 0.05) is 25.7 Å². The number of hydrogen-bond acceptors (Lipinski definition) is 3. The highest BCUT2D eigenvalue weighted by molar-refractivity contribution is 4.75. The molecule has 0 bridgehead atoms. The van der Waals surface area contributed by atoms with Crippen molar-refractivity contribution in [2.24, 2.45) is 5.92 Å². The van der Waals surface area contributed by atoms with Crippen molar-refractivity contribution in [3.05, 3.63) is 0 Å². The van der Waals surface area contributed by atoms with Gasteiger partial charge in [0.05, 0.1) is 6.10 Å². The maximum Gasteiger partial charge on any atom is 0.0699 e. The largest absolute Gasteiger partial charge is 0.377 e. The summed E-state index contributed by atoms with van der Waals surface area (Å²) < 4.78 is 5.76. The normalized spacial score (nSPS) is 23.3. The molecule has 2 atom stereocenters. The lowest BCUT2D eigenvalue weighted by molar-refractivity contribution is 0.0145. The maximum atomic E-state index is 5.76. The highest BCUT2D eigenvalue weighted by Crippen LogP contribution is 2.12. The van der Waals surface area contributed by atoms with Gasteiger partial charge in [-0.1, -0.05) is 13.8 Å². The Morgan fingerprint density at radius 3 is 2.59 bits per heavy atom. The van der Waals surface area contributed by atoms with Gasteiger partial charge in [-0.25, -0.2) is 0 Å². The Balaban J connectivity index is 2.26. The second kappa shape index (κ2) is 8.06. The lowest BCUT2D eigenvalue weighted by Gasteiger charge is -2.28. The van der Waals surface area contributed by atoms with E-state index < -0.39 is 0 Å². The first kappa shape index (κ1) is 14.9. The lowest BCUT2D eigenvalue weighted by atomic mass is 10.0. The third-order valence-corrected chi connectivity index (χ3v) is 3.25. The summed E-state index contributed by atoms with van der Waals surface area (Å²) >= 11 is 0. The van der Waals surface area contributed by atoms with Gasteiger partial charge in [0.2, 0.25) is 0 Å². The summed E-state index contributed by atoms with van der Waals surface area (Å²) in [6.45, 7) is 7.67. The standard InChI is InChI=1S/C14H30N2O/c1-12(2)9-13(11-16(3)4)15-10-14-7-5-6-8-17-14/h12-15H,5-11H2,1-4H3. The monoisotopic (exact) mass is 242 g/mol. The van der Waals surface area contributed by atoms with E-state index in [1.54, 1.807) is 0 Å². The first-order chi connectivity index (χ1) is 8.08. The van der Waals surface area contributed by atoms with Gasteiger partial charge in [0.25, 0.3) is 0 Å². The van der Waals surface area contributed by atoms with E-state index in [9.17, 15) is 0 Å². The van der Waals surface area contributed by atoms with Crippen molar-refractivity contribution in [2.45, 2.75) is 51.7 Å². The topological polar surface area (TPSA) is 24.5 Å². The minimum Gasteiger partial charge on any atom is -0.377 e. The highest BCUT2D eigenvalue weighted by Gasteiger charge is 2.17. The van der Waals surface area contributed by atoms with Crippen molar-refractivity contribution in [3.63, 3.8) is 0 Å². The molecule has 1 aliphatic heterocycles. The van der Waals surface area contributed by atoms with Crippen LogP contribution in [0.3, 0.4) is 0 Å². The molecule has 0 amide bonds. The fraction of sp³-hybridized carbons (Fsp3) is 1.00. The molecule has 1 saturated heterocycles. The average molecular weight is 242 g/mol. The lowest BCUT2D eigenvalue weighted by Crippen LogP contribution is -2.43. The van der Waals surface area contributed by atoms with Crippen LogP contribution in [-0.4, -0.2) is 50.8 Å². The Bertz CT molecular complexity index is 179. The molecule has 1 aliphatic rings. The van der Waals surface area contributed by atoms with E-state index in [0.717, 1.165) is 25.6 Å². The van der Waals surface area contributed by atoms with Crippen LogP contribution in [0.1, 0.15) is 39.5 Å². The van der Waals surface area contributed by atoms with Crippen molar-refractivity contribution in [1.82, 2.24) is 10.2 Å². The molecule has 0 aromatic carbocycles. The number of likely N-dealkylation sites (N-methyl/N-ethyl adjacent to an activating group) is 1. The first-order valence-corrected chi connectivity index (χ1v) is 7.07. The predicted octanol–water partition coefficient (Wildman–Crippen LogP) is 2.12. The third kappa shape index (κ3) is 7.02. The van der Waals surface area contributed by atoms with Gasteiger partial charge in [-0.05, 0) is 45.7 Å². The average Bonchev–Trinajstić information content (AvgIpc) is 2.26. The second-order valence-corrected chi connectivity index (χ2v) is 5.99. The van der Waals surface area contributed by atoms with Crippen LogP contribution in [0.5, 0.6) is 0 Å². The van der Waals surface area contributed by atoms with Crippen LogP contribution in [0.2, 0.25) is 0 Å². The molecule has 0 aromatic rings. The van der Waals surface area contributed by atoms with Gasteiger partial charge in [-0.15, -0.1) is 0 Å². The Morgan fingerprint density at radius 2 is 2.06 bits per heavy atom. The van der Waals surface area contributed by atoms with E-state index >= 15 is 0 Å². The highest BCUT2D eigenvalue weighted by atomic mass is 16.5. The van der Waals surface area contributed by atoms with E-state index in [1.807, 2.05) is 0 Å². The van der Waals surface area contributed by atoms with Crippen LogP contribution in [0, 0.1) is 5.92 Å². The first-order valence-electron chi connectivity index (χ1n) is 7.07. The second-order valence-electron chi connectivity index (χ2n) is 5.99. The Kier molecular flexibility index (Phi) is 7.09. The zero-order valence-corrected chi connectivity index (χ0v) is 12.0. The zero-order valence-electron chi connectivity index (χ0n) is 12.0. The summed E-state index contributed by atoms with van der Waals surface area (Å²) in [4.78, 5) is 2.27. The molecule has 17 heavy (non-hydrogen) atoms. The fourth-order valence-electron chi connectivity index (χ4n) is 2.50. The predicted molar refractivity (Wildman–Crippen MR) is 73.4 cm³/mol.